The molecule has 0 spiro atoms. The Hall–Kier alpha value is -1.88. The molecule has 1 atom stereocenters. The second-order valence-corrected chi connectivity index (χ2v) is 5.85. The molecule has 23 heavy (non-hydrogen) atoms. The summed E-state index contributed by atoms with van der Waals surface area (Å²) in [6.45, 7) is 4.77. The maximum Gasteiger partial charge on any atom is 0.0897 e. The zero-order chi connectivity index (χ0) is 16.2. The average Bonchev–Trinajstić information content (AvgIpc) is 2.88. The van der Waals surface area contributed by atoms with E-state index in [9.17, 15) is 5.11 Å². The summed E-state index contributed by atoms with van der Waals surface area (Å²) in [6.07, 6.45) is -0.467. The molecule has 122 valence electrons. The number of hydrogen-bond donors (Lipinski definition) is 2. The van der Waals surface area contributed by atoms with Crippen molar-refractivity contribution in [1.29, 1.82) is 0 Å². The van der Waals surface area contributed by atoms with E-state index in [1.165, 1.54) is 27.4 Å². The van der Waals surface area contributed by atoms with Gasteiger partial charge in [-0.1, -0.05) is 24.3 Å². The number of nitrogens with one attached hydrogen (secondary N) is 1. The van der Waals surface area contributed by atoms with Crippen molar-refractivity contribution in [2.75, 3.05) is 20.3 Å². The minimum absolute atomic E-state index is 0.357. The molecule has 4 heteroatoms. The van der Waals surface area contributed by atoms with Crippen molar-refractivity contribution >= 4 is 21.8 Å². The molecule has 1 aromatic heterocycles. The molecule has 4 nitrogen and oxygen atoms in total. The fourth-order valence-corrected chi connectivity index (χ4v) is 3.19. The second kappa shape index (κ2) is 7.13. The van der Waals surface area contributed by atoms with Gasteiger partial charge in [0.2, 0.25) is 0 Å². The van der Waals surface area contributed by atoms with Crippen LogP contribution in [0.2, 0.25) is 0 Å². The van der Waals surface area contributed by atoms with Gasteiger partial charge in [-0.2, -0.15) is 0 Å². The summed E-state index contributed by atoms with van der Waals surface area (Å²) in [5.74, 6) is 0. The molecule has 0 aliphatic carbocycles. The van der Waals surface area contributed by atoms with E-state index in [1.54, 1.807) is 7.11 Å². The van der Waals surface area contributed by atoms with Crippen LogP contribution in [0.4, 0.5) is 0 Å². The van der Waals surface area contributed by atoms with Gasteiger partial charge in [0.1, 0.15) is 0 Å². The second-order valence-electron chi connectivity index (χ2n) is 5.85. The van der Waals surface area contributed by atoms with Gasteiger partial charge in [-0.15, -0.1) is 0 Å². The summed E-state index contributed by atoms with van der Waals surface area (Å²) in [5, 5.41) is 15.6. The number of ether oxygens (including phenoxy) is 1. The number of hydrogen-bond acceptors (Lipinski definition) is 3. The summed E-state index contributed by atoms with van der Waals surface area (Å²) in [7, 11) is 1.60. The first kappa shape index (κ1) is 16.0. The molecule has 3 aromatic rings. The van der Waals surface area contributed by atoms with E-state index in [2.05, 4.69) is 59.3 Å². The van der Waals surface area contributed by atoms with Crippen LogP contribution in [0.15, 0.2) is 42.5 Å². The Morgan fingerprint density at radius 3 is 2.70 bits per heavy atom. The molecular weight excluding hydrogens is 288 g/mol. The van der Waals surface area contributed by atoms with Crippen molar-refractivity contribution in [3.05, 3.63) is 48.0 Å². The van der Waals surface area contributed by atoms with Crippen molar-refractivity contribution in [3.8, 4) is 0 Å². The van der Waals surface area contributed by atoms with Crippen LogP contribution in [0.3, 0.4) is 0 Å². The first-order valence-corrected chi connectivity index (χ1v) is 8.12. The SMILES string of the molecule is CCn1c2ccccc2c2cc(CNCC(O)COC)ccc21. The Morgan fingerprint density at radius 2 is 1.91 bits per heavy atom. The number of aryl methyl sites for hydroxylation is 1. The van der Waals surface area contributed by atoms with Crippen LogP contribution in [0, 0.1) is 0 Å². The maximum atomic E-state index is 9.68. The minimum Gasteiger partial charge on any atom is -0.389 e. The number of rotatable bonds is 7. The third kappa shape index (κ3) is 3.24. The highest BCUT2D eigenvalue weighted by Crippen LogP contribution is 2.29. The summed E-state index contributed by atoms with van der Waals surface area (Å²) >= 11 is 0. The molecule has 0 amide bonds. The third-order valence-electron chi connectivity index (χ3n) is 4.22. The molecule has 1 heterocycles. The zero-order valence-corrected chi connectivity index (χ0v) is 13.7. The molecule has 2 aromatic carbocycles. The lowest BCUT2D eigenvalue weighted by molar-refractivity contribution is 0.0644. The number of nitrogens with zero attached hydrogens (tertiary/aromatic N) is 1. The fourth-order valence-electron chi connectivity index (χ4n) is 3.19. The number of fused-ring (bicyclic) bond motifs is 3. The summed E-state index contributed by atoms with van der Waals surface area (Å²) in [5.41, 5.74) is 3.78. The van der Waals surface area contributed by atoms with E-state index in [1.807, 2.05) is 0 Å². The van der Waals surface area contributed by atoms with Gasteiger partial charge < -0.3 is 19.7 Å². The lowest BCUT2D eigenvalue weighted by Gasteiger charge is -2.11. The predicted octanol–water partition coefficient (Wildman–Crippen LogP) is 2.91. The number of aromatic nitrogens is 1. The quantitative estimate of drug-likeness (QED) is 0.705. The normalized spacial score (nSPS) is 13.0. The van der Waals surface area contributed by atoms with Crippen LogP contribution in [0.1, 0.15) is 12.5 Å². The number of para-hydroxylation sites is 1. The monoisotopic (exact) mass is 312 g/mol. The van der Waals surface area contributed by atoms with Crippen molar-refractivity contribution < 1.29 is 9.84 Å². The summed E-state index contributed by atoms with van der Waals surface area (Å²) < 4.78 is 7.29. The van der Waals surface area contributed by atoms with Crippen LogP contribution in [0.5, 0.6) is 0 Å². The Balaban J connectivity index is 1.86. The lowest BCUT2D eigenvalue weighted by Crippen LogP contribution is -2.29. The largest absolute Gasteiger partial charge is 0.389 e. The van der Waals surface area contributed by atoms with Gasteiger partial charge >= 0.3 is 0 Å². The zero-order valence-electron chi connectivity index (χ0n) is 13.7. The minimum atomic E-state index is -0.467. The molecule has 0 bridgehead atoms. The molecule has 0 aliphatic heterocycles. The van der Waals surface area contributed by atoms with Gasteiger partial charge in [0, 0.05) is 48.5 Å². The molecule has 0 fully saturated rings. The summed E-state index contributed by atoms with van der Waals surface area (Å²) in [6, 6.07) is 15.1. The van der Waals surface area contributed by atoms with Gasteiger partial charge in [0.15, 0.2) is 0 Å². The highest BCUT2D eigenvalue weighted by molar-refractivity contribution is 6.08. The van der Waals surface area contributed by atoms with Gasteiger partial charge in [-0.05, 0) is 30.7 Å². The molecular formula is C19H24N2O2. The topological polar surface area (TPSA) is 46.4 Å². The van der Waals surface area contributed by atoms with Crippen molar-refractivity contribution in [2.45, 2.75) is 26.1 Å². The molecule has 0 saturated carbocycles. The van der Waals surface area contributed by atoms with Crippen LogP contribution in [-0.2, 0) is 17.8 Å². The Labute approximate surface area is 136 Å². The van der Waals surface area contributed by atoms with Crippen molar-refractivity contribution in [2.24, 2.45) is 0 Å². The van der Waals surface area contributed by atoms with Crippen molar-refractivity contribution in [1.82, 2.24) is 9.88 Å². The Morgan fingerprint density at radius 1 is 1.13 bits per heavy atom. The van der Waals surface area contributed by atoms with Gasteiger partial charge in [-0.3, -0.25) is 0 Å². The Kier molecular flexibility index (Phi) is 4.96. The van der Waals surface area contributed by atoms with Crippen LogP contribution in [0.25, 0.3) is 21.8 Å². The number of methoxy groups -OCH3 is 1. The molecule has 1 unspecified atom stereocenters. The Bertz CT molecular complexity index is 795. The van der Waals surface area contributed by atoms with Crippen LogP contribution < -0.4 is 5.32 Å². The van der Waals surface area contributed by atoms with Crippen molar-refractivity contribution in [3.63, 3.8) is 0 Å². The van der Waals surface area contributed by atoms with E-state index in [4.69, 9.17) is 4.74 Å². The highest BCUT2D eigenvalue weighted by Gasteiger charge is 2.09. The van der Waals surface area contributed by atoms with E-state index in [0.29, 0.717) is 13.2 Å². The van der Waals surface area contributed by atoms with E-state index in [-0.39, 0.29) is 0 Å². The van der Waals surface area contributed by atoms with Crippen LogP contribution in [-0.4, -0.2) is 36.0 Å². The fraction of sp³-hybridized carbons (Fsp3) is 0.368. The molecule has 0 radical (unpaired) electrons. The van der Waals surface area contributed by atoms with Crippen LogP contribution >= 0.6 is 0 Å². The highest BCUT2D eigenvalue weighted by atomic mass is 16.5. The van der Waals surface area contributed by atoms with Gasteiger partial charge in [-0.25, -0.2) is 0 Å². The number of aliphatic hydroxyl groups is 1. The molecule has 0 saturated heterocycles. The predicted molar refractivity (Wildman–Crippen MR) is 94.7 cm³/mol. The molecule has 0 aliphatic rings. The molecule has 2 N–H and O–H groups in total. The number of aliphatic hydroxyl groups excluding tert-OH is 1. The first-order chi connectivity index (χ1) is 11.2. The third-order valence-corrected chi connectivity index (χ3v) is 4.22. The van der Waals surface area contributed by atoms with E-state index in [0.717, 1.165) is 13.1 Å². The average molecular weight is 312 g/mol. The standard InChI is InChI=1S/C19H24N2O2/c1-3-21-18-7-5-4-6-16(18)17-10-14(8-9-19(17)21)11-20-12-15(22)13-23-2/h4-10,15,20,22H,3,11-13H2,1-2H3. The van der Waals surface area contributed by atoms with Gasteiger partial charge in [0.25, 0.3) is 0 Å². The summed E-state index contributed by atoms with van der Waals surface area (Å²) in [4.78, 5) is 0. The maximum absolute atomic E-state index is 9.68. The number of benzene rings is 2. The van der Waals surface area contributed by atoms with E-state index < -0.39 is 6.10 Å². The smallest absolute Gasteiger partial charge is 0.0897 e. The van der Waals surface area contributed by atoms with E-state index >= 15 is 0 Å². The first-order valence-electron chi connectivity index (χ1n) is 8.12. The molecule has 3 rings (SSSR count). The lowest BCUT2D eigenvalue weighted by atomic mass is 10.1. The van der Waals surface area contributed by atoms with Gasteiger partial charge in [0.05, 0.1) is 12.7 Å².